The van der Waals surface area contributed by atoms with Gasteiger partial charge in [0.1, 0.15) is 6.61 Å². The van der Waals surface area contributed by atoms with Gasteiger partial charge in [-0.1, -0.05) is 23.7 Å². The molecule has 5 heteroatoms. The van der Waals surface area contributed by atoms with Crippen molar-refractivity contribution in [1.82, 2.24) is 0 Å². The van der Waals surface area contributed by atoms with Crippen molar-refractivity contribution in [2.24, 2.45) is 5.90 Å². The lowest BCUT2D eigenvalue weighted by Crippen LogP contribution is -2.23. The van der Waals surface area contributed by atoms with Gasteiger partial charge in [0.15, 0.2) is 0 Å². The van der Waals surface area contributed by atoms with E-state index >= 15 is 0 Å². The van der Waals surface area contributed by atoms with Crippen molar-refractivity contribution < 1.29 is 13.6 Å². The smallest absolute Gasteiger partial charge is 0.298 e. The summed E-state index contributed by atoms with van der Waals surface area (Å²) in [6.45, 7) is -0.839. The summed E-state index contributed by atoms with van der Waals surface area (Å²) in [5.74, 6) is 1.51. The summed E-state index contributed by atoms with van der Waals surface area (Å²) in [4.78, 5) is 3.91. The molecule has 0 fully saturated rings. The van der Waals surface area contributed by atoms with Gasteiger partial charge in [0.05, 0.1) is 0 Å². The lowest BCUT2D eigenvalue weighted by molar-refractivity contribution is -0.0837. The molecule has 2 N–H and O–H groups in total. The molecule has 0 heterocycles. The molecule has 0 aliphatic carbocycles. The Morgan fingerprint density at radius 2 is 1.85 bits per heavy atom. The van der Waals surface area contributed by atoms with Gasteiger partial charge in [-0.2, -0.15) is 8.78 Å². The van der Waals surface area contributed by atoms with Crippen LogP contribution in [0.15, 0.2) is 24.3 Å². The van der Waals surface area contributed by atoms with Crippen LogP contribution in [0.4, 0.5) is 8.78 Å². The molecule has 1 aromatic rings. The Bertz CT molecular complexity index is 276. The van der Waals surface area contributed by atoms with Crippen molar-refractivity contribution in [1.29, 1.82) is 0 Å². The zero-order valence-corrected chi connectivity index (χ0v) is 7.39. The van der Waals surface area contributed by atoms with E-state index in [0.29, 0.717) is 5.02 Å². The molecule has 13 heavy (non-hydrogen) atoms. The highest BCUT2D eigenvalue weighted by Crippen LogP contribution is 2.28. The predicted molar refractivity (Wildman–Crippen MR) is 45.5 cm³/mol. The highest BCUT2D eigenvalue weighted by Gasteiger charge is 2.31. The maximum absolute atomic E-state index is 13.0. The Labute approximate surface area is 79.2 Å². The number of alkyl halides is 2. The van der Waals surface area contributed by atoms with E-state index in [1.807, 2.05) is 0 Å². The molecule has 0 atom stereocenters. The Morgan fingerprint density at radius 3 is 2.31 bits per heavy atom. The molecule has 1 rings (SSSR count). The fourth-order valence-electron chi connectivity index (χ4n) is 0.882. The summed E-state index contributed by atoms with van der Waals surface area (Å²) in [5, 5.41) is 0.410. The summed E-state index contributed by atoms with van der Waals surface area (Å²) in [6.07, 6.45) is 0. The molecule has 0 spiro atoms. The lowest BCUT2D eigenvalue weighted by Gasteiger charge is -2.14. The van der Waals surface area contributed by atoms with Gasteiger partial charge in [-0.05, 0) is 12.1 Å². The Balaban J connectivity index is 2.87. The van der Waals surface area contributed by atoms with Crippen molar-refractivity contribution in [3.05, 3.63) is 34.9 Å². The van der Waals surface area contributed by atoms with Crippen LogP contribution < -0.4 is 5.90 Å². The van der Waals surface area contributed by atoms with Crippen molar-refractivity contribution in [2.45, 2.75) is 5.92 Å². The van der Waals surface area contributed by atoms with E-state index in [-0.39, 0.29) is 5.56 Å². The first-order valence-corrected chi connectivity index (χ1v) is 3.89. The van der Waals surface area contributed by atoms with Gasteiger partial charge in [-0.3, -0.25) is 4.84 Å². The van der Waals surface area contributed by atoms with Gasteiger partial charge < -0.3 is 0 Å². The highest BCUT2D eigenvalue weighted by molar-refractivity contribution is 6.30. The third kappa shape index (κ3) is 2.62. The van der Waals surface area contributed by atoms with Crippen molar-refractivity contribution in [3.63, 3.8) is 0 Å². The van der Waals surface area contributed by atoms with Gasteiger partial charge in [0, 0.05) is 10.6 Å². The molecular weight excluding hydrogens is 200 g/mol. The molecule has 0 bridgehead atoms. The van der Waals surface area contributed by atoms with E-state index < -0.39 is 12.5 Å². The lowest BCUT2D eigenvalue weighted by atomic mass is 10.1. The van der Waals surface area contributed by atoms with Crippen LogP contribution in [0.2, 0.25) is 5.02 Å². The monoisotopic (exact) mass is 207 g/mol. The number of rotatable bonds is 3. The van der Waals surface area contributed by atoms with Crippen LogP contribution in [0.1, 0.15) is 5.56 Å². The Hall–Kier alpha value is -0.710. The third-order valence-electron chi connectivity index (χ3n) is 1.53. The first kappa shape index (κ1) is 10.4. The second kappa shape index (κ2) is 4.00. The van der Waals surface area contributed by atoms with Crippen molar-refractivity contribution >= 4 is 11.6 Å². The number of nitrogens with two attached hydrogens (primary N) is 1. The summed E-state index contributed by atoms with van der Waals surface area (Å²) in [6, 6.07) is 5.26. The molecule has 0 radical (unpaired) electrons. The summed E-state index contributed by atoms with van der Waals surface area (Å²) < 4.78 is 26.1. The molecule has 0 amide bonds. The van der Waals surface area contributed by atoms with Crippen LogP contribution in [-0.2, 0) is 10.8 Å². The number of benzene rings is 1. The average Bonchev–Trinajstić information content (AvgIpc) is 2.05. The minimum Gasteiger partial charge on any atom is -0.298 e. The van der Waals surface area contributed by atoms with Crippen molar-refractivity contribution in [2.75, 3.05) is 6.61 Å². The van der Waals surface area contributed by atoms with Crippen LogP contribution in [-0.4, -0.2) is 6.61 Å². The Kier molecular flexibility index (Phi) is 3.19. The van der Waals surface area contributed by atoms with Crippen molar-refractivity contribution in [3.8, 4) is 0 Å². The van der Waals surface area contributed by atoms with Gasteiger partial charge >= 0.3 is 0 Å². The van der Waals surface area contributed by atoms with Gasteiger partial charge in [-0.15, -0.1) is 0 Å². The summed E-state index contributed by atoms with van der Waals surface area (Å²) >= 11 is 5.54. The maximum atomic E-state index is 13.0. The number of hydrogen-bond donors (Lipinski definition) is 1. The van der Waals surface area contributed by atoms with E-state index in [1.165, 1.54) is 24.3 Å². The molecular formula is C8H8ClF2NO. The number of hydrogen-bond acceptors (Lipinski definition) is 2. The van der Waals surface area contributed by atoms with E-state index in [9.17, 15) is 8.78 Å². The largest absolute Gasteiger partial charge is 0.298 e. The average molecular weight is 208 g/mol. The molecule has 0 saturated heterocycles. The molecule has 2 nitrogen and oxygen atoms in total. The first-order chi connectivity index (χ1) is 6.06. The molecule has 0 aliphatic heterocycles. The summed E-state index contributed by atoms with van der Waals surface area (Å²) in [7, 11) is 0. The van der Waals surface area contributed by atoms with E-state index in [1.54, 1.807) is 0 Å². The van der Waals surface area contributed by atoms with Crippen LogP contribution in [0.3, 0.4) is 0 Å². The Morgan fingerprint density at radius 1 is 1.31 bits per heavy atom. The van der Waals surface area contributed by atoms with E-state index in [0.717, 1.165) is 0 Å². The third-order valence-corrected chi connectivity index (χ3v) is 1.78. The molecule has 0 aromatic heterocycles. The van der Waals surface area contributed by atoms with Gasteiger partial charge in [-0.25, -0.2) is 5.90 Å². The predicted octanol–water partition coefficient (Wildman–Crippen LogP) is 2.32. The zero-order valence-electron chi connectivity index (χ0n) is 6.64. The van der Waals surface area contributed by atoms with E-state index in [2.05, 4.69) is 10.7 Å². The number of halogens is 3. The minimum absolute atomic E-state index is 0.164. The maximum Gasteiger partial charge on any atom is 0.298 e. The first-order valence-electron chi connectivity index (χ1n) is 3.52. The van der Waals surface area contributed by atoms with Crippen LogP contribution in [0.25, 0.3) is 0 Å². The highest BCUT2D eigenvalue weighted by atomic mass is 35.5. The molecule has 72 valence electrons. The normalized spacial score (nSPS) is 11.7. The second-order valence-electron chi connectivity index (χ2n) is 2.52. The topological polar surface area (TPSA) is 35.2 Å². The summed E-state index contributed by atoms with van der Waals surface area (Å²) in [5.41, 5.74) is -0.164. The minimum atomic E-state index is -3.07. The van der Waals surface area contributed by atoms with Crippen LogP contribution >= 0.6 is 11.6 Å². The second-order valence-corrected chi connectivity index (χ2v) is 2.96. The van der Waals surface area contributed by atoms with Gasteiger partial charge in [0.25, 0.3) is 5.92 Å². The van der Waals surface area contributed by atoms with E-state index in [4.69, 9.17) is 11.6 Å². The zero-order chi connectivity index (χ0) is 9.90. The molecule has 1 aromatic carbocycles. The quantitative estimate of drug-likeness (QED) is 0.772. The van der Waals surface area contributed by atoms with Crippen LogP contribution in [0.5, 0.6) is 0 Å². The molecule has 0 saturated carbocycles. The molecule has 0 aliphatic rings. The van der Waals surface area contributed by atoms with Gasteiger partial charge in [0.2, 0.25) is 0 Å². The molecule has 0 unspecified atom stereocenters. The SMILES string of the molecule is NOCC(F)(F)c1ccc(Cl)cc1. The fourth-order valence-corrected chi connectivity index (χ4v) is 1.01. The standard InChI is InChI=1S/C8H8ClF2NO/c9-7-3-1-6(2-4-7)8(10,11)5-13-12/h1-4H,5,12H2. The fraction of sp³-hybridized carbons (Fsp3) is 0.250. The van der Waals surface area contributed by atoms with Crippen LogP contribution in [0, 0.1) is 0 Å².